The number of aromatic nitrogens is 4. The molecule has 130 valence electrons. The van der Waals surface area contributed by atoms with Crippen LogP contribution in [0.2, 0.25) is 0 Å². The molecule has 2 aromatic heterocycles. The summed E-state index contributed by atoms with van der Waals surface area (Å²) in [6.45, 7) is 5.31. The number of hydrogen-bond acceptors (Lipinski definition) is 6. The second-order valence-electron chi connectivity index (χ2n) is 5.41. The van der Waals surface area contributed by atoms with Crippen molar-refractivity contribution in [2.24, 2.45) is 0 Å². The van der Waals surface area contributed by atoms with Gasteiger partial charge < -0.3 is 14.6 Å². The zero-order valence-corrected chi connectivity index (χ0v) is 15.0. The maximum atomic E-state index is 12.0. The lowest BCUT2D eigenvalue weighted by atomic mass is 10.2. The molecule has 0 fully saturated rings. The summed E-state index contributed by atoms with van der Waals surface area (Å²) in [6, 6.07) is 3.80. The van der Waals surface area contributed by atoms with Crippen LogP contribution in [0.25, 0.3) is 11.4 Å². The molecule has 0 radical (unpaired) electrons. The average molecular weight is 349 g/mol. The summed E-state index contributed by atoms with van der Waals surface area (Å²) in [7, 11) is 1.62. The van der Waals surface area contributed by atoms with Crippen LogP contribution in [-0.4, -0.2) is 51.2 Å². The van der Waals surface area contributed by atoms with Crippen molar-refractivity contribution in [1.29, 1.82) is 0 Å². The van der Waals surface area contributed by atoms with Gasteiger partial charge in [0, 0.05) is 37.7 Å². The van der Waals surface area contributed by atoms with Crippen LogP contribution < -0.4 is 5.32 Å². The van der Waals surface area contributed by atoms with E-state index < -0.39 is 0 Å². The molecule has 0 bridgehead atoms. The molecular formula is C16H23N5O2S. The number of rotatable bonds is 9. The lowest BCUT2D eigenvalue weighted by Crippen LogP contribution is -2.36. The van der Waals surface area contributed by atoms with Gasteiger partial charge in [0.05, 0.1) is 12.4 Å². The standard InChI is InChI=1S/C16H23N5O2S/c1-4-9-21-15(13-5-7-17-8-6-13)19-20-16(21)24-11-14(22)18-12(2)10-23-3/h5-8,12H,4,9-11H2,1-3H3,(H,18,22). The topological polar surface area (TPSA) is 81.9 Å². The third-order valence-corrected chi connectivity index (χ3v) is 4.23. The van der Waals surface area contributed by atoms with Crippen molar-refractivity contribution in [2.75, 3.05) is 19.5 Å². The van der Waals surface area contributed by atoms with Crippen molar-refractivity contribution in [2.45, 2.75) is 38.0 Å². The van der Waals surface area contributed by atoms with Crippen LogP contribution in [0, 0.1) is 0 Å². The minimum atomic E-state index is -0.0407. The van der Waals surface area contributed by atoms with Gasteiger partial charge in [-0.05, 0) is 25.5 Å². The Bertz CT molecular complexity index is 647. The molecule has 0 saturated heterocycles. The number of pyridine rings is 1. The van der Waals surface area contributed by atoms with Crippen LogP contribution in [0.4, 0.5) is 0 Å². The highest BCUT2D eigenvalue weighted by Crippen LogP contribution is 2.23. The maximum absolute atomic E-state index is 12.0. The number of nitrogens with zero attached hydrogens (tertiary/aromatic N) is 4. The van der Waals surface area contributed by atoms with Gasteiger partial charge in [-0.3, -0.25) is 9.78 Å². The molecule has 1 amide bonds. The van der Waals surface area contributed by atoms with Crippen LogP contribution in [-0.2, 0) is 16.1 Å². The molecule has 0 saturated carbocycles. The Hall–Kier alpha value is -1.93. The van der Waals surface area contributed by atoms with Gasteiger partial charge in [0.2, 0.25) is 5.91 Å². The molecule has 0 aliphatic carbocycles. The number of methoxy groups -OCH3 is 1. The largest absolute Gasteiger partial charge is 0.383 e. The van der Waals surface area contributed by atoms with Crippen LogP contribution in [0.5, 0.6) is 0 Å². The Morgan fingerprint density at radius 2 is 2.12 bits per heavy atom. The smallest absolute Gasteiger partial charge is 0.230 e. The van der Waals surface area contributed by atoms with E-state index in [2.05, 4.69) is 27.4 Å². The zero-order chi connectivity index (χ0) is 17.4. The summed E-state index contributed by atoms with van der Waals surface area (Å²) in [5, 5.41) is 12.2. The molecule has 0 aromatic carbocycles. The summed E-state index contributed by atoms with van der Waals surface area (Å²) in [6.07, 6.45) is 4.43. The van der Waals surface area contributed by atoms with Crippen molar-refractivity contribution in [3.05, 3.63) is 24.5 Å². The molecule has 7 nitrogen and oxygen atoms in total. The first-order valence-corrected chi connectivity index (χ1v) is 8.89. The van der Waals surface area contributed by atoms with E-state index in [1.807, 2.05) is 23.6 Å². The molecule has 0 aliphatic rings. The van der Waals surface area contributed by atoms with Crippen molar-refractivity contribution >= 4 is 17.7 Å². The van der Waals surface area contributed by atoms with Crippen LogP contribution in [0.1, 0.15) is 20.3 Å². The number of nitrogens with one attached hydrogen (secondary N) is 1. The number of carbonyl (C=O) groups excluding carboxylic acids is 1. The van der Waals surface area contributed by atoms with Crippen LogP contribution in [0.15, 0.2) is 29.7 Å². The molecule has 1 N–H and O–H groups in total. The lowest BCUT2D eigenvalue weighted by molar-refractivity contribution is -0.119. The van der Waals surface area contributed by atoms with Gasteiger partial charge in [0.1, 0.15) is 0 Å². The lowest BCUT2D eigenvalue weighted by Gasteiger charge is -2.12. The average Bonchev–Trinajstić information content (AvgIpc) is 2.97. The van der Waals surface area contributed by atoms with Crippen LogP contribution in [0.3, 0.4) is 0 Å². The Labute approximate surface area is 146 Å². The molecule has 24 heavy (non-hydrogen) atoms. The van der Waals surface area contributed by atoms with Crippen molar-refractivity contribution < 1.29 is 9.53 Å². The quantitative estimate of drug-likeness (QED) is 0.697. The Kier molecular flexibility index (Phi) is 7.20. The predicted molar refractivity (Wildman–Crippen MR) is 93.7 cm³/mol. The van der Waals surface area contributed by atoms with E-state index in [1.165, 1.54) is 11.8 Å². The molecule has 2 aromatic rings. The minimum Gasteiger partial charge on any atom is -0.383 e. The van der Waals surface area contributed by atoms with Gasteiger partial charge in [0.15, 0.2) is 11.0 Å². The Morgan fingerprint density at radius 3 is 2.79 bits per heavy atom. The summed E-state index contributed by atoms with van der Waals surface area (Å²) in [5.41, 5.74) is 0.968. The first-order valence-electron chi connectivity index (χ1n) is 7.90. The zero-order valence-electron chi connectivity index (χ0n) is 14.2. The number of thioether (sulfide) groups is 1. The first kappa shape index (κ1) is 18.4. The van der Waals surface area contributed by atoms with E-state index in [1.54, 1.807) is 19.5 Å². The summed E-state index contributed by atoms with van der Waals surface area (Å²) < 4.78 is 7.07. The van der Waals surface area contributed by atoms with E-state index in [4.69, 9.17) is 4.74 Å². The van der Waals surface area contributed by atoms with Crippen molar-refractivity contribution in [1.82, 2.24) is 25.1 Å². The van der Waals surface area contributed by atoms with E-state index in [-0.39, 0.29) is 11.9 Å². The third kappa shape index (κ3) is 5.04. The molecule has 2 rings (SSSR count). The monoisotopic (exact) mass is 349 g/mol. The molecule has 0 spiro atoms. The van der Waals surface area contributed by atoms with Crippen molar-refractivity contribution in [3.63, 3.8) is 0 Å². The maximum Gasteiger partial charge on any atom is 0.230 e. The SMILES string of the molecule is CCCn1c(SCC(=O)NC(C)COC)nnc1-c1ccncc1. The molecule has 8 heteroatoms. The van der Waals surface area contributed by atoms with Gasteiger partial charge in [-0.1, -0.05) is 18.7 Å². The molecule has 2 heterocycles. The van der Waals surface area contributed by atoms with Gasteiger partial charge in [0.25, 0.3) is 0 Å². The van der Waals surface area contributed by atoms with Crippen molar-refractivity contribution in [3.8, 4) is 11.4 Å². The first-order chi connectivity index (χ1) is 11.7. The Balaban J connectivity index is 2.05. The molecule has 0 aliphatic heterocycles. The number of amides is 1. The second-order valence-corrected chi connectivity index (χ2v) is 6.35. The van der Waals surface area contributed by atoms with E-state index in [0.29, 0.717) is 12.4 Å². The van der Waals surface area contributed by atoms with Gasteiger partial charge in [-0.25, -0.2) is 0 Å². The van der Waals surface area contributed by atoms with E-state index in [9.17, 15) is 4.79 Å². The normalized spacial score (nSPS) is 12.1. The molecule has 1 atom stereocenters. The van der Waals surface area contributed by atoms with Crippen LogP contribution >= 0.6 is 11.8 Å². The number of hydrogen-bond donors (Lipinski definition) is 1. The highest BCUT2D eigenvalue weighted by molar-refractivity contribution is 7.99. The van der Waals surface area contributed by atoms with E-state index in [0.717, 1.165) is 29.5 Å². The molecule has 1 unspecified atom stereocenters. The number of ether oxygens (including phenoxy) is 1. The summed E-state index contributed by atoms with van der Waals surface area (Å²) in [4.78, 5) is 16.0. The van der Waals surface area contributed by atoms with Gasteiger partial charge in [-0.2, -0.15) is 0 Å². The Morgan fingerprint density at radius 1 is 1.38 bits per heavy atom. The van der Waals surface area contributed by atoms with Gasteiger partial charge >= 0.3 is 0 Å². The van der Waals surface area contributed by atoms with E-state index >= 15 is 0 Å². The fourth-order valence-electron chi connectivity index (χ4n) is 2.27. The summed E-state index contributed by atoms with van der Waals surface area (Å²) in [5.74, 6) is 1.06. The fourth-order valence-corrected chi connectivity index (χ4v) is 3.05. The number of carbonyl (C=O) groups is 1. The molecular weight excluding hydrogens is 326 g/mol. The predicted octanol–water partition coefficient (Wildman–Crippen LogP) is 1.99. The highest BCUT2D eigenvalue weighted by atomic mass is 32.2. The van der Waals surface area contributed by atoms with Gasteiger partial charge in [-0.15, -0.1) is 10.2 Å². The third-order valence-electron chi connectivity index (χ3n) is 3.26. The fraction of sp³-hybridized carbons (Fsp3) is 0.500. The highest BCUT2D eigenvalue weighted by Gasteiger charge is 2.15. The minimum absolute atomic E-state index is 0.0102. The second kappa shape index (κ2) is 9.39. The summed E-state index contributed by atoms with van der Waals surface area (Å²) >= 11 is 1.39.